The van der Waals surface area contributed by atoms with Crippen LogP contribution in [0.1, 0.15) is 36.1 Å². The van der Waals surface area contributed by atoms with Crippen molar-refractivity contribution in [3.05, 3.63) is 34.9 Å². The van der Waals surface area contributed by atoms with E-state index < -0.39 is 6.10 Å². The predicted octanol–water partition coefficient (Wildman–Crippen LogP) is 2.57. The Labute approximate surface area is 110 Å². The average Bonchev–Trinajstić information content (AvgIpc) is 2.32. The molecule has 1 N–H and O–H groups in total. The molecule has 0 fully saturated rings. The summed E-state index contributed by atoms with van der Waals surface area (Å²) in [6.45, 7) is 6.58. The minimum atomic E-state index is -0.504. The minimum Gasteiger partial charge on any atom is -0.387 e. The quantitative estimate of drug-likeness (QED) is 0.868. The molecule has 1 aromatic rings. The molecule has 98 valence electrons. The van der Waals surface area contributed by atoms with Gasteiger partial charge in [-0.15, -0.1) is 0 Å². The largest absolute Gasteiger partial charge is 0.387 e. The van der Waals surface area contributed by atoms with Crippen LogP contribution in [0.3, 0.4) is 0 Å². The molecule has 18 heavy (non-hydrogen) atoms. The molecule has 2 atom stereocenters. The summed E-state index contributed by atoms with van der Waals surface area (Å²) < 4.78 is 0. The molecule has 0 aliphatic rings. The summed E-state index contributed by atoms with van der Waals surface area (Å²) in [5, 5.41) is 19.0. The first-order chi connectivity index (χ1) is 8.45. The van der Waals surface area contributed by atoms with Crippen LogP contribution in [0.15, 0.2) is 18.2 Å². The number of aryl methyl sites for hydroxylation is 2. The number of hydrogen-bond donors (Lipinski definition) is 1. The summed E-state index contributed by atoms with van der Waals surface area (Å²) in [4.78, 5) is 2.02. The Bertz CT molecular complexity index is 437. The second kappa shape index (κ2) is 6.53. The third kappa shape index (κ3) is 3.83. The maximum Gasteiger partial charge on any atom is 0.0919 e. The lowest BCUT2D eigenvalue weighted by Crippen LogP contribution is -2.32. The van der Waals surface area contributed by atoms with Gasteiger partial charge in [0.25, 0.3) is 0 Å². The molecule has 0 bridgehead atoms. The molecule has 0 heterocycles. The molecular formula is C15H22N2O. The number of hydrogen-bond acceptors (Lipinski definition) is 3. The lowest BCUT2D eigenvalue weighted by atomic mass is 10.00. The first-order valence-electron chi connectivity index (χ1n) is 6.28. The number of aliphatic hydroxyl groups is 1. The molecule has 1 aromatic carbocycles. The third-order valence-electron chi connectivity index (χ3n) is 3.39. The van der Waals surface area contributed by atoms with Crippen LogP contribution in [0.2, 0.25) is 0 Å². The van der Waals surface area contributed by atoms with Crippen molar-refractivity contribution in [2.45, 2.75) is 39.3 Å². The number of nitriles is 1. The SMILES string of the molecule is Cc1ccc(C)c([C@H](O)CN(C)[C@H](C)CC#N)c1. The lowest BCUT2D eigenvalue weighted by molar-refractivity contribution is 0.109. The molecule has 0 aromatic heterocycles. The summed E-state index contributed by atoms with van der Waals surface area (Å²) in [5.41, 5.74) is 3.24. The van der Waals surface area contributed by atoms with Crippen LogP contribution in [0.5, 0.6) is 0 Å². The van der Waals surface area contributed by atoms with Crippen molar-refractivity contribution in [1.29, 1.82) is 5.26 Å². The van der Waals surface area contributed by atoms with Gasteiger partial charge in [-0.1, -0.05) is 23.8 Å². The van der Waals surface area contributed by atoms with Crippen molar-refractivity contribution in [3.8, 4) is 6.07 Å². The molecule has 0 amide bonds. The summed E-state index contributed by atoms with van der Waals surface area (Å²) in [5.74, 6) is 0. The highest BCUT2D eigenvalue weighted by molar-refractivity contribution is 5.32. The Hall–Kier alpha value is -1.37. The maximum absolute atomic E-state index is 10.3. The third-order valence-corrected chi connectivity index (χ3v) is 3.39. The normalized spacial score (nSPS) is 14.3. The predicted molar refractivity (Wildman–Crippen MR) is 73.2 cm³/mol. The van der Waals surface area contributed by atoms with Crippen LogP contribution in [-0.2, 0) is 0 Å². The second-order valence-electron chi connectivity index (χ2n) is 5.03. The molecular weight excluding hydrogens is 224 g/mol. The molecule has 0 unspecified atom stereocenters. The van der Waals surface area contributed by atoms with Gasteiger partial charge in [0.1, 0.15) is 0 Å². The standard InChI is InChI=1S/C15H22N2O/c1-11-5-6-12(2)14(9-11)15(18)10-17(4)13(3)7-8-16/h5-6,9,13,15,18H,7,10H2,1-4H3/t13-,15-/m1/s1. The van der Waals surface area contributed by atoms with Gasteiger partial charge in [0.05, 0.1) is 18.6 Å². The highest BCUT2D eigenvalue weighted by Gasteiger charge is 2.16. The Balaban J connectivity index is 2.73. The molecule has 3 nitrogen and oxygen atoms in total. The number of benzene rings is 1. The van der Waals surface area contributed by atoms with E-state index in [4.69, 9.17) is 5.26 Å². The second-order valence-corrected chi connectivity index (χ2v) is 5.03. The van der Waals surface area contributed by atoms with Gasteiger partial charge in [-0.2, -0.15) is 5.26 Å². The summed E-state index contributed by atoms with van der Waals surface area (Å²) in [6.07, 6.45) is -0.0215. The Morgan fingerprint density at radius 1 is 1.39 bits per heavy atom. The van der Waals surface area contributed by atoms with Crippen molar-refractivity contribution in [2.24, 2.45) is 0 Å². The number of likely N-dealkylation sites (N-methyl/N-ethyl adjacent to an activating group) is 1. The summed E-state index contributed by atoms with van der Waals surface area (Å²) >= 11 is 0. The van der Waals surface area contributed by atoms with Gasteiger partial charge in [0.2, 0.25) is 0 Å². The minimum absolute atomic E-state index is 0.162. The fourth-order valence-electron chi connectivity index (χ4n) is 1.96. The fraction of sp³-hybridized carbons (Fsp3) is 0.533. The van der Waals surface area contributed by atoms with Crippen LogP contribution in [-0.4, -0.2) is 29.6 Å². The van der Waals surface area contributed by atoms with Crippen molar-refractivity contribution in [3.63, 3.8) is 0 Å². The van der Waals surface area contributed by atoms with E-state index in [0.717, 1.165) is 16.7 Å². The molecule has 0 aliphatic carbocycles. The Morgan fingerprint density at radius 2 is 2.06 bits per heavy atom. The monoisotopic (exact) mass is 246 g/mol. The van der Waals surface area contributed by atoms with Crippen LogP contribution < -0.4 is 0 Å². The Morgan fingerprint density at radius 3 is 2.67 bits per heavy atom. The van der Waals surface area contributed by atoms with Gasteiger partial charge < -0.3 is 5.11 Å². The zero-order valence-electron chi connectivity index (χ0n) is 11.6. The average molecular weight is 246 g/mol. The van der Waals surface area contributed by atoms with E-state index >= 15 is 0 Å². The van der Waals surface area contributed by atoms with E-state index in [-0.39, 0.29) is 6.04 Å². The molecule has 0 saturated carbocycles. The van der Waals surface area contributed by atoms with Gasteiger partial charge >= 0.3 is 0 Å². The molecule has 3 heteroatoms. The highest BCUT2D eigenvalue weighted by atomic mass is 16.3. The van der Waals surface area contributed by atoms with Crippen LogP contribution in [0.25, 0.3) is 0 Å². The lowest BCUT2D eigenvalue weighted by Gasteiger charge is -2.26. The van der Waals surface area contributed by atoms with Crippen molar-refractivity contribution in [2.75, 3.05) is 13.6 Å². The van der Waals surface area contributed by atoms with Crippen LogP contribution in [0.4, 0.5) is 0 Å². The topological polar surface area (TPSA) is 47.3 Å². The van der Waals surface area contributed by atoms with Gasteiger partial charge in [0, 0.05) is 12.6 Å². The summed E-state index contributed by atoms with van der Waals surface area (Å²) in [6, 6.07) is 8.43. The number of rotatable bonds is 5. The van der Waals surface area contributed by atoms with E-state index in [0.29, 0.717) is 13.0 Å². The van der Waals surface area contributed by atoms with Gasteiger partial charge in [-0.25, -0.2) is 0 Å². The van der Waals surface area contributed by atoms with E-state index in [9.17, 15) is 5.11 Å². The van der Waals surface area contributed by atoms with E-state index in [1.54, 1.807) is 0 Å². The van der Waals surface area contributed by atoms with Crippen molar-refractivity contribution in [1.82, 2.24) is 4.90 Å². The number of aliphatic hydroxyl groups excluding tert-OH is 1. The molecule has 0 spiro atoms. The molecule has 0 saturated heterocycles. The van der Waals surface area contributed by atoms with E-state index in [2.05, 4.69) is 6.07 Å². The number of nitrogens with zero attached hydrogens (tertiary/aromatic N) is 2. The molecule has 0 aliphatic heterocycles. The zero-order chi connectivity index (χ0) is 13.7. The first-order valence-corrected chi connectivity index (χ1v) is 6.28. The van der Waals surface area contributed by atoms with Crippen molar-refractivity contribution >= 4 is 0 Å². The van der Waals surface area contributed by atoms with Crippen LogP contribution >= 0.6 is 0 Å². The Kier molecular flexibility index (Phi) is 5.33. The van der Waals surface area contributed by atoms with E-state index in [1.165, 1.54) is 0 Å². The summed E-state index contributed by atoms with van der Waals surface area (Å²) in [7, 11) is 1.94. The van der Waals surface area contributed by atoms with Crippen LogP contribution in [0, 0.1) is 25.2 Å². The zero-order valence-corrected chi connectivity index (χ0v) is 11.6. The van der Waals surface area contributed by atoms with Crippen molar-refractivity contribution < 1.29 is 5.11 Å². The first kappa shape index (κ1) is 14.7. The maximum atomic E-state index is 10.3. The molecule has 1 rings (SSSR count). The van der Waals surface area contributed by atoms with E-state index in [1.807, 2.05) is 50.9 Å². The fourth-order valence-corrected chi connectivity index (χ4v) is 1.96. The smallest absolute Gasteiger partial charge is 0.0919 e. The van der Waals surface area contributed by atoms with Gasteiger partial charge in [0.15, 0.2) is 0 Å². The van der Waals surface area contributed by atoms with Gasteiger partial charge in [-0.3, -0.25) is 4.90 Å². The molecule has 0 radical (unpaired) electrons. The highest BCUT2D eigenvalue weighted by Crippen LogP contribution is 2.20. The van der Waals surface area contributed by atoms with Gasteiger partial charge in [-0.05, 0) is 38.9 Å².